The SMILES string of the molecule is CCCNc1nc(N)c(C(=O)NC(C)CCSCC)s1. The van der Waals surface area contributed by atoms with E-state index in [0.717, 1.165) is 30.9 Å². The van der Waals surface area contributed by atoms with Crippen molar-refractivity contribution in [3.05, 3.63) is 4.88 Å². The van der Waals surface area contributed by atoms with Gasteiger partial charge in [0, 0.05) is 12.6 Å². The molecule has 5 nitrogen and oxygen atoms in total. The highest BCUT2D eigenvalue weighted by Crippen LogP contribution is 2.24. The van der Waals surface area contributed by atoms with Crippen molar-refractivity contribution in [1.29, 1.82) is 0 Å². The molecule has 114 valence electrons. The molecule has 1 aromatic heterocycles. The van der Waals surface area contributed by atoms with Crippen LogP contribution in [0.5, 0.6) is 0 Å². The predicted octanol–water partition coefficient (Wildman–Crippen LogP) is 2.81. The van der Waals surface area contributed by atoms with Crippen molar-refractivity contribution < 1.29 is 4.79 Å². The summed E-state index contributed by atoms with van der Waals surface area (Å²) in [5.41, 5.74) is 5.81. The molecule has 0 bridgehead atoms. The quantitative estimate of drug-likeness (QED) is 0.610. The molecule has 0 saturated carbocycles. The van der Waals surface area contributed by atoms with E-state index in [1.165, 1.54) is 11.3 Å². The van der Waals surface area contributed by atoms with E-state index in [-0.39, 0.29) is 11.9 Å². The largest absolute Gasteiger partial charge is 0.382 e. The number of hydrogen-bond donors (Lipinski definition) is 3. The molecule has 0 aliphatic rings. The third kappa shape index (κ3) is 5.58. The number of thiazole rings is 1. The number of amides is 1. The number of nitrogen functional groups attached to an aromatic ring is 1. The first-order valence-corrected chi connectivity index (χ1v) is 8.94. The Bertz CT molecular complexity index is 423. The molecule has 0 aliphatic heterocycles. The fourth-order valence-corrected chi connectivity index (χ4v) is 3.19. The Morgan fingerprint density at radius 3 is 2.90 bits per heavy atom. The first kappa shape index (κ1) is 17.1. The minimum atomic E-state index is -0.126. The van der Waals surface area contributed by atoms with Gasteiger partial charge in [0.05, 0.1) is 0 Å². The second kappa shape index (κ2) is 9.07. The van der Waals surface area contributed by atoms with E-state index in [1.54, 1.807) is 0 Å². The highest BCUT2D eigenvalue weighted by Gasteiger charge is 2.17. The highest BCUT2D eigenvalue weighted by molar-refractivity contribution is 7.99. The van der Waals surface area contributed by atoms with Crippen LogP contribution in [0.2, 0.25) is 0 Å². The molecule has 0 radical (unpaired) electrons. The first-order chi connectivity index (χ1) is 9.58. The molecule has 4 N–H and O–H groups in total. The fraction of sp³-hybridized carbons (Fsp3) is 0.692. The molecular weight excluding hydrogens is 292 g/mol. The molecule has 7 heteroatoms. The highest BCUT2D eigenvalue weighted by atomic mass is 32.2. The first-order valence-electron chi connectivity index (χ1n) is 6.97. The van der Waals surface area contributed by atoms with Crippen LogP contribution in [-0.4, -0.2) is 35.0 Å². The minimum absolute atomic E-state index is 0.126. The van der Waals surface area contributed by atoms with Crippen LogP contribution in [0, 0.1) is 0 Å². The van der Waals surface area contributed by atoms with Crippen molar-refractivity contribution in [3.63, 3.8) is 0 Å². The summed E-state index contributed by atoms with van der Waals surface area (Å²) in [5.74, 6) is 2.34. The van der Waals surface area contributed by atoms with E-state index in [0.29, 0.717) is 15.8 Å². The Hall–Kier alpha value is -0.950. The van der Waals surface area contributed by atoms with Gasteiger partial charge in [-0.15, -0.1) is 0 Å². The Labute approximate surface area is 129 Å². The molecule has 1 unspecified atom stereocenters. The number of thioether (sulfide) groups is 1. The molecule has 20 heavy (non-hydrogen) atoms. The summed E-state index contributed by atoms with van der Waals surface area (Å²) >= 11 is 3.19. The van der Waals surface area contributed by atoms with Gasteiger partial charge in [-0.25, -0.2) is 4.98 Å². The van der Waals surface area contributed by atoms with Crippen LogP contribution in [0.1, 0.15) is 43.3 Å². The summed E-state index contributed by atoms with van der Waals surface area (Å²) < 4.78 is 0. The molecule has 0 aliphatic carbocycles. The number of nitrogens with zero attached hydrogens (tertiary/aromatic N) is 1. The lowest BCUT2D eigenvalue weighted by atomic mass is 10.2. The van der Waals surface area contributed by atoms with Crippen LogP contribution < -0.4 is 16.4 Å². The predicted molar refractivity (Wildman–Crippen MR) is 89.9 cm³/mol. The second-order valence-corrected chi connectivity index (χ2v) is 6.91. The van der Waals surface area contributed by atoms with E-state index in [2.05, 4.69) is 29.5 Å². The van der Waals surface area contributed by atoms with Gasteiger partial charge in [0.2, 0.25) is 0 Å². The van der Waals surface area contributed by atoms with Gasteiger partial charge in [0.25, 0.3) is 5.91 Å². The zero-order valence-corrected chi connectivity index (χ0v) is 14.0. The molecule has 1 aromatic rings. The fourth-order valence-electron chi connectivity index (χ4n) is 1.57. The maximum Gasteiger partial charge on any atom is 0.265 e. The molecule has 0 saturated heterocycles. The van der Waals surface area contributed by atoms with Crippen molar-refractivity contribution in [2.45, 2.75) is 39.7 Å². The summed E-state index contributed by atoms with van der Waals surface area (Å²) in [6, 6.07) is 0.148. The van der Waals surface area contributed by atoms with Gasteiger partial charge in [-0.05, 0) is 31.3 Å². The Kier molecular flexibility index (Phi) is 7.76. The summed E-state index contributed by atoms with van der Waals surface area (Å²) in [5, 5.41) is 6.84. The average Bonchev–Trinajstić information content (AvgIpc) is 2.78. The molecule has 0 fully saturated rings. The van der Waals surface area contributed by atoms with Gasteiger partial charge >= 0.3 is 0 Å². The van der Waals surface area contributed by atoms with Gasteiger partial charge in [0.15, 0.2) is 5.13 Å². The van der Waals surface area contributed by atoms with Crippen molar-refractivity contribution in [3.8, 4) is 0 Å². The molecule has 1 rings (SSSR count). The normalized spacial score (nSPS) is 12.2. The number of nitrogens with two attached hydrogens (primary N) is 1. The number of aromatic nitrogens is 1. The van der Waals surface area contributed by atoms with Gasteiger partial charge in [-0.2, -0.15) is 11.8 Å². The molecule has 0 spiro atoms. The number of rotatable bonds is 9. The standard InChI is InChI=1S/C13H24N4OS2/c1-4-7-15-13-17-11(14)10(20-13)12(18)16-9(3)6-8-19-5-2/h9H,4-8,14H2,1-3H3,(H,15,17)(H,16,18). The minimum Gasteiger partial charge on any atom is -0.382 e. The summed E-state index contributed by atoms with van der Waals surface area (Å²) in [6.45, 7) is 7.06. The third-order valence-corrected chi connectivity index (χ3v) is 4.62. The van der Waals surface area contributed by atoms with Crippen LogP contribution in [-0.2, 0) is 0 Å². The lowest BCUT2D eigenvalue weighted by molar-refractivity contribution is 0.0944. The zero-order chi connectivity index (χ0) is 15.0. The second-order valence-electron chi connectivity index (χ2n) is 4.52. The molecular formula is C13H24N4OS2. The monoisotopic (exact) mass is 316 g/mol. The topological polar surface area (TPSA) is 80.0 Å². The molecule has 0 aromatic carbocycles. The van der Waals surface area contributed by atoms with Crippen LogP contribution in [0.15, 0.2) is 0 Å². The zero-order valence-electron chi connectivity index (χ0n) is 12.4. The maximum atomic E-state index is 12.1. The molecule has 1 amide bonds. The maximum absolute atomic E-state index is 12.1. The van der Waals surface area contributed by atoms with Crippen LogP contribution in [0.4, 0.5) is 10.9 Å². The Balaban J connectivity index is 2.51. The van der Waals surface area contributed by atoms with Crippen LogP contribution >= 0.6 is 23.1 Å². The summed E-state index contributed by atoms with van der Waals surface area (Å²) in [6.07, 6.45) is 1.97. The van der Waals surface area contributed by atoms with E-state index in [9.17, 15) is 4.79 Å². The number of anilines is 2. The van der Waals surface area contributed by atoms with Gasteiger partial charge < -0.3 is 16.4 Å². The van der Waals surface area contributed by atoms with Gasteiger partial charge in [-0.1, -0.05) is 25.2 Å². The van der Waals surface area contributed by atoms with E-state index in [1.807, 2.05) is 18.7 Å². The number of hydrogen-bond acceptors (Lipinski definition) is 6. The number of nitrogens with one attached hydrogen (secondary N) is 2. The lowest BCUT2D eigenvalue weighted by Gasteiger charge is -2.12. The Morgan fingerprint density at radius 2 is 2.25 bits per heavy atom. The average molecular weight is 316 g/mol. The van der Waals surface area contributed by atoms with E-state index in [4.69, 9.17) is 5.73 Å². The van der Waals surface area contributed by atoms with Gasteiger partial charge in [0.1, 0.15) is 10.7 Å². The van der Waals surface area contributed by atoms with Crippen LogP contribution in [0.25, 0.3) is 0 Å². The van der Waals surface area contributed by atoms with Crippen molar-refractivity contribution in [1.82, 2.24) is 10.3 Å². The summed E-state index contributed by atoms with van der Waals surface area (Å²) in [4.78, 5) is 16.8. The van der Waals surface area contributed by atoms with Crippen molar-refractivity contribution in [2.24, 2.45) is 0 Å². The number of carbonyl (C=O) groups is 1. The van der Waals surface area contributed by atoms with E-state index >= 15 is 0 Å². The lowest BCUT2D eigenvalue weighted by Crippen LogP contribution is -2.32. The Morgan fingerprint density at radius 1 is 1.50 bits per heavy atom. The van der Waals surface area contributed by atoms with E-state index < -0.39 is 0 Å². The smallest absolute Gasteiger partial charge is 0.265 e. The summed E-state index contributed by atoms with van der Waals surface area (Å²) in [7, 11) is 0. The van der Waals surface area contributed by atoms with Crippen molar-refractivity contribution in [2.75, 3.05) is 29.1 Å². The van der Waals surface area contributed by atoms with Crippen molar-refractivity contribution >= 4 is 40.0 Å². The third-order valence-electron chi connectivity index (χ3n) is 2.66. The number of carbonyl (C=O) groups excluding carboxylic acids is 1. The van der Waals surface area contributed by atoms with Crippen LogP contribution in [0.3, 0.4) is 0 Å². The molecule has 1 heterocycles. The van der Waals surface area contributed by atoms with Gasteiger partial charge in [-0.3, -0.25) is 4.79 Å². The molecule has 1 atom stereocenters.